The zero-order chi connectivity index (χ0) is 18.1. The fourth-order valence-corrected chi connectivity index (χ4v) is 3.56. The molecule has 0 spiro atoms. The maximum Gasteiger partial charge on any atom is 0.308 e. The number of likely N-dealkylation sites (tertiary alicyclic amines) is 1. The Kier molecular flexibility index (Phi) is 4.81. The second-order valence-electron chi connectivity index (χ2n) is 6.35. The van der Waals surface area contributed by atoms with Crippen LogP contribution in [0.15, 0.2) is 30.5 Å². The number of carboxylic acid groups (broad SMARTS) is 1. The quantitative estimate of drug-likeness (QED) is 0.908. The molecule has 2 atom stereocenters. The van der Waals surface area contributed by atoms with Crippen molar-refractivity contribution in [1.29, 1.82) is 0 Å². The lowest BCUT2D eigenvalue weighted by Crippen LogP contribution is -2.30. The Labute approximate surface area is 151 Å². The molecule has 7 heteroatoms. The molecule has 1 amide bonds. The van der Waals surface area contributed by atoms with E-state index in [0.29, 0.717) is 23.6 Å². The minimum Gasteiger partial charge on any atom is -0.481 e. The number of halogens is 1. The maximum atomic E-state index is 12.9. The number of carboxylic acids is 1. The van der Waals surface area contributed by atoms with Gasteiger partial charge in [0.05, 0.1) is 34.1 Å². The molecule has 1 N–H and O–H groups in total. The fourth-order valence-electron chi connectivity index (χ4n) is 3.35. The Morgan fingerprint density at radius 3 is 2.64 bits per heavy atom. The van der Waals surface area contributed by atoms with Crippen LogP contribution in [-0.4, -0.2) is 44.8 Å². The standard InChI is InChI=1S/C18H20ClN3O3/c1-3-15-12(8-20-22(15)16-7-5-4-6-14(16)19)17(23)21-9-11(2)13(10-21)18(24)25/h4-8,11,13H,3,9-10H2,1-2H3,(H,24,25)/t11-,13-/m1/s1. The lowest BCUT2D eigenvalue weighted by Gasteiger charge is -2.16. The highest BCUT2D eigenvalue weighted by molar-refractivity contribution is 6.32. The van der Waals surface area contributed by atoms with Crippen LogP contribution in [0.3, 0.4) is 0 Å². The van der Waals surface area contributed by atoms with Crippen LogP contribution >= 0.6 is 11.6 Å². The van der Waals surface area contributed by atoms with Crippen LogP contribution < -0.4 is 0 Å². The van der Waals surface area contributed by atoms with E-state index in [1.807, 2.05) is 32.0 Å². The summed E-state index contributed by atoms with van der Waals surface area (Å²) in [5, 5.41) is 14.2. The number of aliphatic carboxylic acids is 1. The molecule has 1 aromatic carbocycles. The number of para-hydroxylation sites is 1. The van der Waals surface area contributed by atoms with Gasteiger partial charge in [-0.25, -0.2) is 4.68 Å². The topological polar surface area (TPSA) is 75.4 Å². The number of aromatic nitrogens is 2. The Balaban J connectivity index is 1.93. The van der Waals surface area contributed by atoms with Crippen molar-refractivity contribution < 1.29 is 14.7 Å². The highest BCUT2D eigenvalue weighted by Gasteiger charge is 2.38. The normalized spacial score (nSPS) is 20.0. The van der Waals surface area contributed by atoms with Crippen LogP contribution in [-0.2, 0) is 11.2 Å². The number of nitrogens with zero attached hydrogens (tertiary/aromatic N) is 3. The minimum atomic E-state index is -0.856. The Hall–Kier alpha value is -2.34. The van der Waals surface area contributed by atoms with E-state index in [-0.39, 0.29) is 18.4 Å². The average molecular weight is 362 g/mol. The van der Waals surface area contributed by atoms with Gasteiger partial charge in [0, 0.05) is 13.1 Å². The van der Waals surface area contributed by atoms with Crippen LogP contribution in [0, 0.1) is 11.8 Å². The maximum absolute atomic E-state index is 12.9. The van der Waals surface area contributed by atoms with E-state index < -0.39 is 11.9 Å². The first kappa shape index (κ1) is 17.5. The average Bonchev–Trinajstić information content (AvgIpc) is 3.18. The van der Waals surface area contributed by atoms with Crippen molar-refractivity contribution in [2.75, 3.05) is 13.1 Å². The molecule has 1 saturated heterocycles. The van der Waals surface area contributed by atoms with Gasteiger partial charge < -0.3 is 10.0 Å². The second kappa shape index (κ2) is 6.88. The van der Waals surface area contributed by atoms with Crippen molar-refractivity contribution in [3.05, 3.63) is 46.7 Å². The van der Waals surface area contributed by atoms with Gasteiger partial charge in [0.15, 0.2) is 0 Å². The summed E-state index contributed by atoms with van der Waals surface area (Å²) in [6.45, 7) is 4.49. The molecule has 0 aliphatic carbocycles. The zero-order valence-electron chi connectivity index (χ0n) is 14.1. The molecule has 0 unspecified atom stereocenters. The van der Waals surface area contributed by atoms with Crippen molar-refractivity contribution in [3.63, 3.8) is 0 Å². The van der Waals surface area contributed by atoms with Crippen LogP contribution in [0.2, 0.25) is 5.02 Å². The largest absolute Gasteiger partial charge is 0.481 e. The summed E-state index contributed by atoms with van der Waals surface area (Å²) < 4.78 is 1.68. The fraction of sp³-hybridized carbons (Fsp3) is 0.389. The summed E-state index contributed by atoms with van der Waals surface area (Å²) in [6.07, 6.45) is 2.15. The summed E-state index contributed by atoms with van der Waals surface area (Å²) in [6, 6.07) is 7.33. The van der Waals surface area contributed by atoms with Crippen LogP contribution in [0.4, 0.5) is 0 Å². The minimum absolute atomic E-state index is 0.0647. The molecule has 0 radical (unpaired) electrons. The van der Waals surface area contributed by atoms with Gasteiger partial charge in [-0.05, 0) is 24.5 Å². The summed E-state index contributed by atoms with van der Waals surface area (Å²) in [4.78, 5) is 25.8. The number of hydrogen-bond donors (Lipinski definition) is 1. The van der Waals surface area contributed by atoms with Crippen LogP contribution in [0.1, 0.15) is 29.9 Å². The van der Waals surface area contributed by atoms with E-state index in [1.54, 1.807) is 21.8 Å². The molecule has 1 aliphatic rings. The van der Waals surface area contributed by atoms with Crippen molar-refractivity contribution in [1.82, 2.24) is 14.7 Å². The molecule has 2 aromatic rings. The first-order valence-electron chi connectivity index (χ1n) is 8.27. The Bertz CT molecular complexity index is 818. The van der Waals surface area contributed by atoms with E-state index in [9.17, 15) is 14.7 Å². The smallest absolute Gasteiger partial charge is 0.308 e. The Morgan fingerprint density at radius 1 is 1.32 bits per heavy atom. The molecule has 1 aromatic heterocycles. The van der Waals surface area contributed by atoms with E-state index in [0.717, 1.165) is 11.4 Å². The molecule has 2 heterocycles. The zero-order valence-corrected chi connectivity index (χ0v) is 14.9. The molecule has 25 heavy (non-hydrogen) atoms. The highest BCUT2D eigenvalue weighted by atomic mass is 35.5. The van der Waals surface area contributed by atoms with Crippen molar-refractivity contribution in [2.24, 2.45) is 11.8 Å². The van der Waals surface area contributed by atoms with Gasteiger partial charge in [-0.2, -0.15) is 5.10 Å². The third kappa shape index (κ3) is 3.14. The lowest BCUT2D eigenvalue weighted by atomic mass is 9.99. The molecule has 1 aliphatic heterocycles. The molecule has 0 saturated carbocycles. The van der Waals surface area contributed by atoms with Crippen molar-refractivity contribution in [2.45, 2.75) is 20.3 Å². The lowest BCUT2D eigenvalue weighted by molar-refractivity contribution is -0.142. The first-order valence-corrected chi connectivity index (χ1v) is 8.65. The third-order valence-corrected chi connectivity index (χ3v) is 5.05. The number of carbonyl (C=O) groups is 2. The SMILES string of the molecule is CCc1c(C(=O)N2C[C@@H](C)[C@H](C(=O)O)C2)cnn1-c1ccccc1Cl. The van der Waals surface area contributed by atoms with E-state index >= 15 is 0 Å². The number of hydrogen-bond acceptors (Lipinski definition) is 3. The van der Waals surface area contributed by atoms with Gasteiger partial charge in [0.25, 0.3) is 5.91 Å². The van der Waals surface area contributed by atoms with Crippen LogP contribution in [0.25, 0.3) is 5.69 Å². The van der Waals surface area contributed by atoms with Crippen LogP contribution in [0.5, 0.6) is 0 Å². The molecule has 3 rings (SSSR count). The molecule has 0 bridgehead atoms. The van der Waals surface area contributed by atoms with Gasteiger partial charge >= 0.3 is 5.97 Å². The van der Waals surface area contributed by atoms with Gasteiger partial charge in [0.2, 0.25) is 0 Å². The summed E-state index contributed by atoms with van der Waals surface area (Å²) in [7, 11) is 0. The molecular formula is C18H20ClN3O3. The highest BCUT2D eigenvalue weighted by Crippen LogP contribution is 2.27. The number of benzene rings is 1. The van der Waals surface area contributed by atoms with Gasteiger partial charge in [-0.15, -0.1) is 0 Å². The Morgan fingerprint density at radius 2 is 2.04 bits per heavy atom. The monoisotopic (exact) mass is 361 g/mol. The number of carbonyl (C=O) groups excluding carboxylic acids is 1. The van der Waals surface area contributed by atoms with Gasteiger partial charge in [-0.1, -0.05) is 37.6 Å². The molecule has 132 valence electrons. The third-order valence-electron chi connectivity index (χ3n) is 4.73. The number of rotatable bonds is 4. The van der Waals surface area contributed by atoms with Gasteiger partial charge in [0.1, 0.15) is 0 Å². The van der Waals surface area contributed by atoms with E-state index in [2.05, 4.69) is 5.10 Å². The van der Waals surface area contributed by atoms with Crippen molar-refractivity contribution >= 4 is 23.5 Å². The molecule has 6 nitrogen and oxygen atoms in total. The summed E-state index contributed by atoms with van der Waals surface area (Å²) in [5.74, 6) is -1.62. The second-order valence-corrected chi connectivity index (χ2v) is 6.76. The first-order chi connectivity index (χ1) is 11.9. The predicted octanol–water partition coefficient (Wildman–Crippen LogP) is 2.88. The summed E-state index contributed by atoms with van der Waals surface area (Å²) in [5.41, 5.74) is 1.99. The number of amides is 1. The van der Waals surface area contributed by atoms with Gasteiger partial charge in [-0.3, -0.25) is 9.59 Å². The molecular weight excluding hydrogens is 342 g/mol. The predicted molar refractivity (Wildman–Crippen MR) is 94.1 cm³/mol. The summed E-state index contributed by atoms with van der Waals surface area (Å²) >= 11 is 6.26. The molecule has 1 fully saturated rings. The van der Waals surface area contributed by atoms with Crippen molar-refractivity contribution in [3.8, 4) is 5.69 Å². The van der Waals surface area contributed by atoms with E-state index in [1.165, 1.54) is 0 Å². The van der Waals surface area contributed by atoms with E-state index in [4.69, 9.17) is 11.6 Å².